The standard InChI is InChI=1S/C21H31Cl2N3O2/c1-21(2,28)14-19(27)24-16-12-15(13-16)6-7-25-8-10-26(11-9-25)18-5-3-4-17(22)20(18)23/h3-5,15-16,28H,6-14H2,1-2H3,(H,24,27)/t15-,16+. The number of piperazine rings is 1. The van der Waals surface area contributed by atoms with E-state index < -0.39 is 5.60 Å². The normalized spacial score (nSPS) is 23.4. The molecule has 1 aliphatic heterocycles. The Hall–Kier alpha value is -1.01. The molecule has 2 fully saturated rings. The van der Waals surface area contributed by atoms with Gasteiger partial charge in [-0.05, 0) is 57.7 Å². The number of benzene rings is 1. The first-order valence-corrected chi connectivity index (χ1v) is 10.9. The highest BCUT2D eigenvalue weighted by Crippen LogP contribution is 2.33. The largest absolute Gasteiger partial charge is 0.390 e. The summed E-state index contributed by atoms with van der Waals surface area (Å²) >= 11 is 12.5. The molecule has 1 aliphatic carbocycles. The van der Waals surface area contributed by atoms with Gasteiger partial charge in [0, 0.05) is 32.2 Å². The maximum Gasteiger partial charge on any atom is 0.223 e. The molecular weight excluding hydrogens is 397 g/mol. The molecule has 1 aromatic carbocycles. The molecule has 1 aromatic rings. The van der Waals surface area contributed by atoms with Crippen LogP contribution in [0.25, 0.3) is 0 Å². The van der Waals surface area contributed by atoms with Crippen molar-refractivity contribution < 1.29 is 9.90 Å². The molecule has 1 heterocycles. The van der Waals surface area contributed by atoms with Crippen LogP contribution in [0.3, 0.4) is 0 Å². The van der Waals surface area contributed by atoms with Gasteiger partial charge in [0.2, 0.25) is 5.91 Å². The number of halogens is 2. The SMILES string of the molecule is CC(C)(O)CC(=O)N[C@H]1C[C@@H](CCN2CCN(c3cccc(Cl)c3Cl)CC2)C1. The fraction of sp³-hybridized carbons (Fsp3) is 0.667. The highest BCUT2D eigenvalue weighted by Gasteiger charge is 2.31. The third-order valence-corrected chi connectivity index (χ3v) is 6.50. The van der Waals surface area contributed by atoms with Gasteiger partial charge in [-0.2, -0.15) is 0 Å². The Kier molecular flexibility index (Phi) is 7.13. The number of carbonyl (C=O) groups excluding carboxylic acids is 1. The third kappa shape index (κ3) is 5.99. The smallest absolute Gasteiger partial charge is 0.223 e. The lowest BCUT2D eigenvalue weighted by Crippen LogP contribution is -2.49. The van der Waals surface area contributed by atoms with Crippen molar-refractivity contribution in [2.45, 2.75) is 51.2 Å². The summed E-state index contributed by atoms with van der Waals surface area (Å²) in [6, 6.07) is 6.08. The van der Waals surface area contributed by atoms with E-state index in [0.717, 1.165) is 51.3 Å². The number of anilines is 1. The quantitative estimate of drug-likeness (QED) is 0.698. The van der Waals surface area contributed by atoms with Crippen LogP contribution < -0.4 is 10.2 Å². The lowest BCUT2D eigenvalue weighted by molar-refractivity contribution is -0.126. The Morgan fingerprint density at radius 3 is 2.54 bits per heavy atom. The van der Waals surface area contributed by atoms with Crippen LogP contribution in [-0.2, 0) is 4.79 Å². The highest BCUT2D eigenvalue weighted by atomic mass is 35.5. The Labute approximate surface area is 178 Å². The minimum atomic E-state index is -0.940. The predicted octanol–water partition coefficient (Wildman–Crippen LogP) is 3.56. The van der Waals surface area contributed by atoms with Gasteiger partial charge in [0.05, 0.1) is 27.8 Å². The van der Waals surface area contributed by atoms with Gasteiger partial charge in [-0.15, -0.1) is 0 Å². The summed E-state index contributed by atoms with van der Waals surface area (Å²) < 4.78 is 0. The van der Waals surface area contributed by atoms with Crippen molar-refractivity contribution in [2.75, 3.05) is 37.6 Å². The lowest BCUT2D eigenvalue weighted by Gasteiger charge is -2.40. The molecule has 0 spiro atoms. The van der Waals surface area contributed by atoms with Crippen LogP contribution in [0.1, 0.15) is 39.5 Å². The van der Waals surface area contributed by atoms with Gasteiger partial charge >= 0.3 is 0 Å². The van der Waals surface area contributed by atoms with Crippen LogP contribution in [0.4, 0.5) is 5.69 Å². The second-order valence-corrected chi connectivity index (χ2v) is 9.57. The van der Waals surface area contributed by atoms with Gasteiger partial charge in [0.15, 0.2) is 0 Å². The molecule has 1 saturated heterocycles. The zero-order valence-electron chi connectivity index (χ0n) is 16.8. The fourth-order valence-electron chi connectivity index (χ4n) is 4.08. The van der Waals surface area contributed by atoms with Crippen LogP contribution >= 0.6 is 23.2 Å². The van der Waals surface area contributed by atoms with Gasteiger partial charge in [-0.25, -0.2) is 0 Å². The first-order valence-electron chi connectivity index (χ1n) is 10.1. The van der Waals surface area contributed by atoms with Crippen molar-refractivity contribution in [3.05, 3.63) is 28.2 Å². The van der Waals surface area contributed by atoms with Crippen molar-refractivity contribution in [3.8, 4) is 0 Å². The third-order valence-electron chi connectivity index (χ3n) is 5.69. The van der Waals surface area contributed by atoms with Crippen molar-refractivity contribution in [1.29, 1.82) is 0 Å². The molecule has 1 amide bonds. The molecule has 0 radical (unpaired) electrons. The van der Waals surface area contributed by atoms with Gasteiger partial charge in [0.1, 0.15) is 0 Å². The summed E-state index contributed by atoms with van der Waals surface area (Å²) in [7, 11) is 0. The first kappa shape index (κ1) is 21.7. The van der Waals surface area contributed by atoms with Gasteiger partial charge < -0.3 is 15.3 Å². The molecule has 2 N–H and O–H groups in total. The molecule has 2 aliphatic rings. The summed E-state index contributed by atoms with van der Waals surface area (Å²) in [6.07, 6.45) is 3.44. The first-order chi connectivity index (χ1) is 13.2. The molecule has 28 heavy (non-hydrogen) atoms. The number of hydrogen-bond acceptors (Lipinski definition) is 4. The summed E-state index contributed by atoms with van der Waals surface area (Å²) in [6.45, 7) is 8.40. The average molecular weight is 428 g/mol. The van der Waals surface area contributed by atoms with E-state index >= 15 is 0 Å². The molecule has 0 atom stereocenters. The summed E-state index contributed by atoms with van der Waals surface area (Å²) in [4.78, 5) is 16.7. The van der Waals surface area contributed by atoms with E-state index in [2.05, 4.69) is 15.1 Å². The van der Waals surface area contributed by atoms with Crippen LogP contribution in [0.15, 0.2) is 18.2 Å². The van der Waals surface area contributed by atoms with Gasteiger partial charge in [-0.3, -0.25) is 9.69 Å². The number of rotatable bonds is 7. The maximum atomic E-state index is 11.9. The number of nitrogens with one attached hydrogen (secondary N) is 1. The maximum absolute atomic E-state index is 11.9. The summed E-state index contributed by atoms with van der Waals surface area (Å²) in [5, 5.41) is 14.0. The van der Waals surface area contributed by atoms with E-state index in [9.17, 15) is 9.90 Å². The molecular formula is C21H31Cl2N3O2. The Balaban J connectivity index is 1.33. The number of hydrogen-bond donors (Lipinski definition) is 2. The minimum absolute atomic E-state index is 0.0493. The van der Waals surface area contributed by atoms with Crippen molar-refractivity contribution in [1.82, 2.24) is 10.2 Å². The van der Waals surface area contributed by atoms with Crippen LogP contribution in [0, 0.1) is 5.92 Å². The molecule has 3 rings (SSSR count). The average Bonchev–Trinajstić information content (AvgIpc) is 2.58. The second kappa shape index (κ2) is 9.21. The number of aliphatic hydroxyl groups is 1. The summed E-state index contributed by atoms with van der Waals surface area (Å²) in [5.41, 5.74) is 0.0856. The van der Waals surface area contributed by atoms with E-state index in [-0.39, 0.29) is 18.4 Å². The molecule has 1 saturated carbocycles. The van der Waals surface area contributed by atoms with Crippen LogP contribution in [0.5, 0.6) is 0 Å². The molecule has 0 bridgehead atoms. The Bertz CT molecular complexity index is 679. The van der Waals surface area contributed by atoms with Crippen molar-refractivity contribution >= 4 is 34.8 Å². The molecule has 156 valence electrons. The molecule has 5 nitrogen and oxygen atoms in total. The molecule has 7 heteroatoms. The van der Waals surface area contributed by atoms with E-state index in [4.69, 9.17) is 23.2 Å². The van der Waals surface area contributed by atoms with Crippen molar-refractivity contribution in [2.24, 2.45) is 5.92 Å². The zero-order valence-corrected chi connectivity index (χ0v) is 18.3. The van der Waals surface area contributed by atoms with E-state index in [1.165, 1.54) is 6.42 Å². The Morgan fingerprint density at radius 1 is 1.21 bits per heavy atom. The fourth-order valence-corrected chi connectivity index (χ4v) is 4.49. The minimum Gasteiger partial charge on any atom is -0.390 e. The van der Waals surface area contributed by atoms with E-state index in [1.54, 1.807) is 13.8 Å². The zero-order chi connectivity index (χ0) is 20.3. The van der Waals surface area contributed by atoms with Gasteiger partial charge in [0.25, 0.3) is 0 Å². The van der Waals surface area contributed by atoms with E-state index in [0.29, 0.717) is 16.0 Å². The predicted molar refractivity (Wildman–Crippen MR) is 115 cm³/mol. The van der Waals surface area contributed by atoms with Crippen LogP contribution in [0.2, 0.25) is 10.0 Å². The monoisotopic (exact) mass is 427 g/mol. The number of carbonyl (C=O) groups is 1. The molecule has 0 aromatic heterocycles. The summed E-state index contributed by atoms with van der Waals surface area (Å²) in [5.74, 6) is 0.639. The van der Waals surface area contributed by atoms with Crippen LogP contribution in [-0.4, -0.2) is 60.3 Å². The highest BCUT2D eigenvalue weighted by molar-refractivity contribution is 6.43. The van der Waals surface area contributed by atoms with E-state index in [1.807, 2.05) is 18.2 Å². The molecule has 0 unspecified atom stereocenters. The number of nitrogens with zero attached hydrogens (tertiary/aromatic N) is 2. The topological polar surface area (TPSA) is 55.8 Å². The Morgan fingerprint density at radius 2 is 1.89 bits per heavy atom. The van der Waals surface area contributed by atoms with Crippen molar-refractivity contribution in [3.63, 3.8) is 0 Å². The number of amides is 1. The van der Waals surface area contributed by atoms with Gasteiger partial charge in [-0.1, -0.05) is 29.3 Å². The lowest BCUT2D eigenvalue weighted by atomic mass is 9.78. The second-order valence-electron chi connectivity index (χ2n) is 8.78.